The SMILES string of the molecule is CC=O.Fc1ccc(F)cc1. The molecule has 0 aliphatic heterocycles. The molecule has 0 unspecified atom stereocenters. The van der Waals surface area contributed by atoms with Gasteiger partial charge in [-0.2, -0.15) is 0 Å². The van der Waals surface area contributed by atoms with Crippen molar-refractivity contribution in [1.82, 2.24) is 0 Å². The molecule has 11 heavy (non-hydrogen) atoms. The van der Waals surface area contributed by atoms with Crippen LogP contribution in [0.2, 0.25) is 0 Å². The summed E-state index contributed by atoms with van der Waals surface area (Å²) in [6.07, 6.45) is 0.750. The van der Waals surface area contributed by atoms with Gasteiger partial charge in [-0.1, -0.05) is 0 Å². The lowest BCUT2D eigenvalue weighted by Crippen LogP contribution is -1.72. The lowest BCUT2D eigenvalue weighted by Gasteiger charge is -1.83. The van der Waals surface area contributed by atoms with Gasteiger partial charge in [-0.3, -0.25) is 0 Å². The van der Waals surface area contributed by atoms with Gasteiger partial charge in [0.15, 0.2) is 0 Å². The van der Waals surface area contributed by atoms with Gasteiger partial charge in [-0.05, 0) is 31.2 Å². The second-order valence-electron chi connectivity index (χ2n) is 1.67. The minimum Gasteiger partial charge on any atom is -0.304 e. The van der Waals surface area contributed by atoms with Crippen molar-refractivity contribution in [3.63, 3.8) is 0 Å². The average molecular weight is 158 g/mol. The van der Waals surface area contributed by atoms with Crippen LogP contribution in [0.3, 0.4) is 0 Å². The number of aldehydes is 1. The van der Waals surface area contributed by atoms with E-state index in [1.54, 1.807) is 0 Å². The lowest BCUT2D eigenvalue weighted by molar-refractivity contribution is -0.106. The maximum Gasteiger partial charge on any atom is 0.123 e. The van der Waals surface area contributed by atoms with E-state index in [0.29, 0.717) is 0 Å². The maximum absolute atomic E-state index is 11.9. The van der Waals surface area contributed by atoms with Gasteiger partial charge in [0.25, 0.3) is 0 Å². The summed E-state index contributed by atoms with van der Waals surface area (Å²) in [5, 5.41) is 0. The highest BCUT2D eigenvalue weighted by Crippen LogP contribution is 1.98. The highest BCUT2D eigenvalue weighted by atomic mass is 19.1. The quantitative estimate of drug-likeness (QED) is 0.529. The predicted molar refractivity (Wildman–Crippen MR) is 38.1 cm³/mol. The molecule has 3 heteroatoms. The highest BCUT2D eigenvalue weighted by Gasteiger charge is 1.86. The molecule has 1 rings (SSSR count). The van der Waals surface area contributed by atoms with E-state index in [4.69, 9.17) is 4.79 Å². The van der Waals surface area contributed by atoms with Gasteiger partial charge in [0, 0.05) is 0 Å². The van der Waals surface area contributed by atoms with Crippen LogP contribution in [0.5, 0.6) is 0 Å². The van der Waals surface area contributed by atoms with Crippen LogP contribution < -0.4 is 0 Å². The van der Waals surface area contributed by atoms with E-state index in [1.165, 1.54) is 6.92 Å². The molecule has 0 radical (unpaired) electrons. The summed E-state index contributed by atoms with van der Waals surface area (Å²) in [4.78, 5) is 8.81. The minimum atomic E-state index is -0.411. The largest absolute Gasteiger partial charge is 0.304 e. The zero-order valence-corrected chi connectivity index (χ0v) is 6.05. The van der Waals surface area contributed by atoms with Crippen molar-refractivity contribution in [2.75, 3.05) is 0 Å². The fraction of sp³-hybridized carbons (Fsp3) is 0.125. The fourth-order valence-electron chi connectivity index (χ4n) is 0.430. The Hall–Kier alpha value is -1.25. The summed E-state index contributed by atoms with van der Waals surface area (Å²) >= 11 is 0. The Morgan fingerprint density at radius 2 is 1.27 bits per heavy atom. The molecule has 1 aromatic carbocycles. The minimum absolute atomic E-state index is 0.411. The zero-order chi connectivity index (χ0) is 8.69. The Balaban J connectivity index is 0.000000292. The normalized spacial score (nSPS) is 7.91. The maximum atomic E-state index is 11.9. The van der Waals surface area contributed by atoms with Crippen LogP contribution in [0, 0.1) is 11.6 Å². The van der Waals surface area contributed by atoms with E-state index in [-0.39, 0.29) is 0 Å². The number of carbonyl (C=O) groups is 1. The molecule has 0 atom stereocenters. The molecule has 0 aliphatic rings. The average Bonchev–Trinajstić information content (AvgIpc) is 1.97. The third-order valence-electron chi connectivity index (χ3n) is 0.804. The van der Waals surface area contributed by atoms with Crippen molar-refractivity contribution in [3.05, 3.63) is 35.9 Å². The lowest BCUT2D eigenvalue weighted by atomic mass is 10.3. The molecule has 0 saturated heterocycles. The van der Waals surface area contributed by atoms with Gasteiger partial charge in [0.2, 0.25) is 0 Å². The smallest absolute Gasteiger partial charge is 0.123 e. The van der Waals surface area contributed by atoms with E-state index < -0.39 is 11.6 Å². The first-order valence-corrected chi connectivity index (χ1v) is 3.01. The number of rotatable bonds is 0. The Labute approximate surface area is 63.7 Å². The number of carbonyl (C=O) groups excluding carboxylic acids is 1. The molecule has 0 bridgehead atoms. The van der Waals surface area contributed by atoms with Crippen LogP contribution in [0.4, 0.5) is 8.78 Å². The molecule has 0 aromatic heterocycles. The van der Waals surface area contributed by atoms with Crippen LogP contribution >= 0.6 is 0 Å². The second kappa shape index (κ2) is 5.53. The first-order valence-electron chi connectivity index (χ1n) is 3.01. The molecule has 0 amide bonds. The monoisotopic (exact) mass is 158 g/mol. The van der Waals surface area contributed by atoms with Crippen molar-refractivity contribution in [2.24, 2.45) is 0 Å². The molecule has 0 saturated carbocycles. The molecule has 0 aliphatic carbocycles. The van der Waals surface area contributed by atoms with Crippen LogP contribution in [-0.2, 0) is 4.79 Å². The third kappa shape index (κ3) is 5.21. The van der Waals surface area contributed by atoms with Gasteiger partial charge in [0.05, 0.1) is 0 Å². The Morgan fingerprint density at radius 3 is 1.45 bits per heavy atom. The highest BCUT2D eigenvalue weighted by molar-refractivity contribution is 5.44. The van der Waals surface area contributed by atoms with Crippen LogP contribution in [-0.4, -0.2) is 6.29 Å². The standard InChI is InChI=1S/C6H4F2.C2H4O/c7-5-1-2-6(8)4-3-5;1-2-3/h1-4H;2H,1H3. The molecule has 0 fully saturated rings. The van der Waals surface area contributed by atoms with Gasteiger partial charge >= 0.3 is 0 Å². The Kier molecular flexibility index (Phi) is 4.90. The molecule has 1 nitrogen and oxygen atoms in total. The summed E-state index contributed by atoms with van der Waals surface area (Å²) in [6, 6.07) is 4.31. The van der Waals surface area contributed by atoms with Crippen LogP contribution in [0.15, 0.2) is 24.3 Å². The summed E-state index contributed by atoms with van der Waals surface area (Å²) < 4.78 is 23.8. The van der Waals surface area contributed by atoms with Crippen molar-refractivity contribution < 1.29 is 13.6 Å². The molecule has 1 aromatic rings. The van der Waals surface area contributed by atoms with Crippen molar-refractivity contribution in [2.45, 2.75) is 6.92 Å². The van der Waals surface area contributed by atoms with Gasteiger partial charge in [-0.15, -0.1) is 0 Å². The number of hydrogen-bond donors (Lipinski definition) is 0. The first kappa shape index (κ1) is 9.75. The van der Waals surface area contributed by atoms with E-state index in [0.717, 1.165) is 30.6 Å². The molecule has 0 spiro atoms. The molecular formula is C8H8F2O. The molecule has 60 valence electrons. The number of benzene rings is 1. The summed E-state index contributed by atoms with van der Waals surface area (Å²) in [5.41, 5.74) is 0. The topological polar surface area (TPSA) is 17.1 Å². The predicted octanol–water partition coefficient (Wildman–Crippen LogP) is 2.17. The van der Waals surface area contributed by atoms with E-state index >= 15 is 0 Å². The van der Waals surface area contributed by atoms with E-state index in [1.807, 2.05) is 0 Å². The molecule has 0 N–H and O–H groups in total. The van der Waals surface area contributed by atoms with Crippen LogP contribution in [0.25, 0.3) is 0 Å². The number of halogens is 2. The third-order valence-corrected chi connectivity index (χ3v) is 0.804. The summed E-state index contributed by atoms with van der Waals surface area (Å²) in [5.74, 6) is -0.821. The zero-order valence-electron chi connectivity index (χ0n) is 6.05. The van der Waals surface area contributed by atoms with Gasteiger partial charge < -0.3 is 4.79 Å². The van der Waals surface area contributed by atoms with Crippen LogP contribution in [0.1, 0.15) is 6.92 Å². The van der Waals surface area contributed by atoms with E-state index in [2.05, 4.69) is 0 Å². The molecular weight excluding hydrogens is 150 g/mol. The Bertz CT molecular complexity index is 185. The van der Waals surface area contributed by atoms with Gasteiger partial charge in [0.1, 0.15) is 17.9 Å². The van der Waals surface area contributed by atoms with Gasteiger partial charge in [-0.25, -0.2) is 8.78 Å². The first-order chi connectivity index (χ1) is 5.20. The fourth-order valence-corrected chi connectivity index (χ4v) is 0.430. The van der Waals surface area contributed by atoms with Crippen molar-refractivity contribution in [1.29, 1.82) is 0 Å². The second-order valence-corrected chi connectivity index (χ2v) is 1.67. The Morgan fingerprint density at radius 1 is 1.09 bits per heavy atom. The van der Waals surface area contributed by atoms with Crippen molar-refractivity contribution in [3.8, 4) is 0 Å². The van der Waals surface area contributed by atoms with E-state index in [9.17, 15) is 8.78 Å². The van der Waals surface area contributed by atoms with Crippen molar-refractivity contribution >= 4 is 6.29 Å². The number of hydrogen-bond acceptors (Lipinski definition) is 1. The summed E-state index contributed by atoms with van der Waals surface area (Å²) in [6.45, 7) is 1.44. The molecule has 0 heterocycles. The summed E-state index contributed by atoms with van der Waals surface area (Å²) in [7, 11) is 0.